The van der Waals surface area contributed by atoms with Gasteiger partial charge < -0.3 is 25.8 Å². The molecule has 4 N–H and O–H groups in total. The predicted octanol–water partition coefficient (Wildman–Crippen LogP) is 7.49. The van der Waals surface area contributed by atoms with Crippen molar-refractivity contribution in [3.05, 3.63) is 134 Å². The number of aromatic nitrogens is 1. The van der Waals surface area contributed by atoms with E-state index in [9.17, 15) is 9.59 Å². The SMILES string of the molecule is C=C/C=C(/N=Nc1ccc(N(C)C)cc1)c1ccccc1[NH2+]CC(=O)NCCSSCCNC(=O)C[n+]1ccc(N=Nc2ccc(N(C)C)cc2)c2ccccc21. The fourth-order valence-electron chi connectivity index (χ4n) is 5.62. The van der Waals surface area contributed by atoms with E-state index in [4.69, 9.17) is 0 Å². The number of anilines is 2. The van der Waals surface area contributed by atoms with Crippen LogP contribution in [0.1, 0.15) is 5.56 Å². The molecule has 4 aromatic carbocycles. The summed E-state index contributed by atoms with van der Waals surface area (Å²) in [7, 11) is 11.3. The fourth-order valence-corrected chi connectivity index (χ4v) is 7.43. The van der Waals surface area contributed by atoms with Crippen molar-refractivity contribution in [2.24, 2.45) is 20.5 Å². The number of azo groups is 2. The van der Waals surface area contributed by atoms with Crippen LogP contribution < -0.4 is 30.3 Å². The van der Waals surface area contributed by atoms with Gasteiger partial charge in [0.1, 0.15) is 11.4 Å². The zero-order valence-corrected chi connectivity index (χ0v) is 34.5. The van der Waals surface area contributed by atoms with Crippen molar-refractivity contribution in [1.82, 2.24) is 10.6 Å². The van der Waals surface area contributed by atoms with E-state index in [-0.39, 0.29) is 24.9 Å². The molecule has 0 aliphatic carbocycles. The number of nitrogens with two attached hydrogens (primary N) is 1. The third-order valence-electron chi connectivity index (χ3n) is 8.61. The second-order valence-corrected chi connectivity index (χ2v) is 15.9. The molecule has 0 bridgehead atoms. The van der Waals surface area contributed by atoms with E-state index in [1.54, 1.807) is 27.7 Å². The Bertz CT molecular complexity index is 2200. The fraction of sp³-hybridized carbons (Fsp3) is 0.233. The van der Waals surface area contributed by atoms with Crippen molar-refractivity contribution in [3.63, 3.8) is 0 Å². The summed E-state index contributed by atoms with van der Waals surface area (Å²) in [6.07, 6.45) is 5.37. The van der Waals surface area contributed by atoms with Gasteiger partial charge in [-0.05, 0) is 72.8 Å². The van der Waals surface area contributed by atoms with Crippen LogP contribution in [0.5, 0.6) is 0 Å². The van der Waals surface area contributed by atoms with Gasteiger partial charge in [-0.3, -0.25) is 9.59 Å². The maximum Gasteiger partial charge on any atom is 0.286 e. The van der Waals surface area contributed by atoms with Gasteiger partial charge in [0.05, 0.1) is 28.0 Å². The molecule has 57 heavy (non-hydrogen) atoms. The van der Waals surface area contributed by atoms with Gasteiger partial charge in [0, 0.05) is 76.3 Å². The van der Waals surface area contributed by atoms with E-state index in [1.165, 1.54) is 0 Å². The minimum atomic E-state index is -0.0683. The Labute approximate surface area is 342 Å². The Kier molecular flexibility index (Phi) is 16.4. The number of benzene rings is 4. The second-order valence-electron chi connectivity index (χ2n) is 13.2. The van der Waals surface area contributed by atoms with E-state index in [0.717, 1.165) is 62.1 Å². The quantitative estimate of drug-likeness (QED) is 0.0187. The predicted molar refractivity (Wildman–Crippen MR) is 236 cm³/mol. The Morgan fingerprint density at radius 1 is 0.737 bits per heavy atom. The number of para-hydroxylation sites is 2. The number of carbonyl (C=O) groups excluding carboxylic acids is 2. The highest BCUT2D eigenvalue weighted by Gasteiger charge is 2.16. The van der Waals surface area contributed by atoms with Crippen LogP contribution in [0.15, 0.2) is 149 Å². The lowest BCUT2D eigenvalue weighted by molar-refractivity contribution is -0.658. The summed E-state index contributed by atoms with van der Waals surface area (Å²) in [4.78, 5) is 29.6. The number of carbonyl (C=O) groups is 2. The van der Waals surface area contributed by atoms with Crippen LogP contribution in [0.2, 0.25) is 0 Å². The number of quaternary nitrogens is 1. The molecule has 1 aromatic heterocycles. The molecule has 12 nitrogen and oxygen atoms in total. The Morgan fingerprint density at radius 2 is 1.33 bits per heavy atom. The molecule has 0 unspecified atom stereocenters. The van der Waals surface area contributed by atoms with Crippen LogP contribution in [-0.4, -0.2) is 71.1 Å². The molecule has 2 amide bonds. The van der Waals surface area contributed by atoms with Gasteiger partial charge in [0.15, 0.2) is 12.7 Å². The average molecular weight is 803 g/mol. The summed E-state index contributed by atoms with van der Waals surface area (Å²) < 4.78 is 1.92. The largest absolute Gasteiger partial charge is 0.378 e. The number of allylic oxidation sites excluding steroid dienone is 2. The number of fused-ring (bicyclic) bond motifs is 1. The van der Waals surface area contributed by atoms with Crippen LogP contribution in [0.3, 0.4) is 0 Å². The first-order valence-electron chi connectivity index (χ1n) is 18.5. The molecule has 0 fully saturated rings. The number of nitrogens with one attached hydrogen (secondary N) is 2. The third-order valence-corrected chi connectivity index (χ3v) is 11.0. The molecular formula is C43H50N10O2S2+2. The van der Waals surface area contributed by atoms with Crippen LogP contribution >= 0.6 is 21.6 Å². The molecule has 0 radical (unpaired) electrons. The molecule has 0 atom stereocenters. The molecule has 0 aliphatic heterocycles. The summed E-state index contributed by atoms with van der Waals surface area (Å²) >= 11 is 0. The Hall–Kier alpha value is -5.83. The third kappa shape index (κ3) is 13.1. The highest BCUT2D eigenvalue weighted by molar-refractivity contribution is 8.76. The lowest BCUT2D eigenvalue weighted by atomic mass is 10.1. The summed E-state index contributed by atoms with van der Waals surface area (Å²) in [5, 5.41) is 26.7. The maximum absolute atomic E-state index is 12.9. The zero-order chi connectivity index (χ0) is 40.4. The summed E-state index contributed by atoms with van der Waals surface area (Å²) in [6, 6.07) is 33.3. The minimum absolute atomic E-state index is 0.0597. The van der Waals surface area contributed by atoms with Crippen molar-refractivity contribution in [2.75, 3.05) is 69.1 Å². The molecule has 5 aromatic rings. The normalized spacial score (nSPS) is 11.6. The van der Waals surface area contributed by atoms with Crippen molar-refractivity contribution >= 4 is 84.1 Å². The molecule has 14 heteroatoms. The second kappa shape index (κ2) is 22.0. The van der Waals surface area contributed by atoms with Crippen molar-refractivity contribution in [2.45, 2.75) is 6.54 Å². The maximum atomic E-state index is 12.9. The standard InChI is InChI=1S/C43H48N10O2S2/c1-6-11-39(49-47-32-16-20-34(21-17-32)51(2)3)36-12-7-9-14-38(36)46-30-42(54)44-25-28-56-57-29-26-45-43(55)31-53-27-24-40(37-13-8-10-15-41(37)53)50-48-33-18-22-35(23-19-33)52(4)5/h6-24,27,46H,1,25-26,28-31H2,2-5H3,(H-,44,45,54,55)/p+2/b39-11+,49-47?. The molecule has 0 saturated carbocycles. The van der Waals surface area contributed by atoms with Crippen LogP contribution in [0.25, 0.3) is 16.6 Å². The van der Waals surface area contributed by atoms with Crippen molar-refractivity contribution in [1.29, 1.82) is 0 Å². The van der Waals surface area contributed by atoms with Gasteiger partial charge in [0.25, 0.3) is 11.8 Å². The average Bonchev–Trinajstić information content (AvgIpc) is 3.22. The van der Waals surface area contributed by atoms with Crippen LogP contribution in [0.4, 0.5) is 34.1 Å². The van der Waals surface area contributed by atoms with Gasteiger partial charge in [-0.1, -0.05) is 58.5 Å². The number of nitrogens with zero attached hydrogens (tertiary/aromatic N) is 7. The van der Waals surface area contributed by atoms with Crippen molar-refractivity contribution < 1.29 is 19.5 Å². The summed E-state index contributed by atoms with van der Waals surface area (Å²) in [5.41, 5.74) is 7.73. The molecule has 0 saturated heterocycles. The van der Waals surface area contributed by atoms with Crippen molar-refractivity contribution in [3.8, 4) is 0 Å². The number of hydrogen-bond donors (Lipinski definition) is 3. The van der Waals surface area contributed by atoms with Gasteiger partial charge in [-0.25, -0.2) is 0 Å². The molecule has 1 heterocycles. The lowest BCUT2D eigenvalue weighted by Crippen LogP contribution is -2.81. The van der Waals surface area contributed by atoms with E-state index >= 15 is 0 Å². The summed E-state index contributed by atoms with van der Waals surface area (Å²) in [5.74, 6) is 1.36. The van der Waals surface area contributed by atoms with E-state index in [2.05, 4.69) is 37.7 Å². The van der Waals surface area contributed by atoms with E-state index in [1.807, 2.05) is 163 Å². The lowest BCUT2D eigenvalue weighted by Gasteiger charge is -2.11. The Balaban J connectivity index is 1.00. The van der Waals surface area contributed by atoms with Gasteiger partial charge in [-0.15, -0.1) is 10.2 Å². The molecule has 5 rings (SSSR count). The number of amides is 2. The first-order chi connectivity index (χ1) is 27.7. The highest BCUT2D eigenvalue weighted by atomic mass is 33.1. The number of pyridine rings is 1. The van der Waals surface area contributed by atoms with Crippen LogP contribution in [0, 0.1) is 0 Å². The summed E-state index contributed by atoms with van der Waals surface area (Å²) in [6.45, 7) is 5.35. The minimum Gasteiger partial charge on any atom is -0.378 e. The van der Waals surface area contributed by atoms with Gasteiger partial charge >= 0.3 is 0 Å². The van der Waals surface area contributed by atoms with Crippen LogP contribution in [-0.2, 0) is 16.1 Å². The van der Waals surface area contributed by atoms with Gasteiger partial charge in [-0.2, -0.15) is 14.8 Å². The number of hydrogen-bond acceptors (Lipinski definition) is 10. The smallest absolute Gasteiger partial charge is 0.286 e. The van der Waals surface area contributed by atoms with Gasteiger partial charge in [0.2, 0.25) is 12.1 Å². The van der Waals surface area contributed by atoms with E-state index < -0.39 is 0 Å². The Morgan fingerprint density at radius 3 is 1.98 bits per heavy atom. The molecule has 0 aliphatic rings. The highest BCUT2D eigenvalue weighted by Crippen LogP contribution is 2.28. The number of rotatable bonds is 20. The molecule has 294 valence electrons. The first kappa shape index (κ1) is 42.3. The molecular weight excluding hydrogens is 753 g/mol. The monoisotopic (exact) mass is 802 g/mol. The zero-order valence-electron chi connectivity index (χ0n) is 32.8. The molecule has 0 spiro atoms. The topological polar surface area (TPSA) is 135 Å². The first-order valence-corrected chi connectivity index (χ1v) is 21.0. The van der Waals surface area contributed by atoms with E-state index in [0.29, 0.717) is 18.8 Å².